The van der Waals surface area contributed by atoms with Crippen LogP contribution in [-0.4, -0.2) is 76.8 Å². The first-order valence-corrected chi connectivity index (χ1v) is 14.8. The lowest BCUT2D eigenvalue weighted by Gasteiger charge is -2.33. The predicted molar refractivity (Wildman–Crippen MR) is 135 cm³/mol. The molecule has 15 heteroatoms. The summed E-state index contributed by atoms with van der Waals surface area (Å²) in [7, 11) is -0.887. The Kier molecular flexibility index (Phi) is 8.82. The van der Waals surface area contributed by atoms with Gasteiger partial charge in [0.25, 0.3) is 5.92 Å². The standard InChI is InChI=1S/C24H36F2N5O7P/c1-33-15-3-7-17(8-4-15)37-39(32,38-18-9-5-16(34-2)6-10-18)35-12-19-24(25,26)11-20(36-19)31-14-30-21-22(27)28-13-29-23(21)31/h13-20H,3-12H2,1-2H3,(H2,27,28,29)/t15?,16?,17?,18?,19-,20-,39?/m1/s1. The Labute approximate surface area is 225 Å². The van der Waals surface area contributed by atoms with Gasteiger partial charge >= 0.3 is 7.82 Å². The molecule has 0 bridgehead atoms. The van der Waals surface area contributed by atoms with Crippen LogP contribution < -0.4 is 5.73 Å². The van der Waals surface area contributed by atoms with Gasteiger partial charge in [-0.1, -0.05) is 0 Å². The number of methoxy groups -OCH3 is 2. The van der Waals surface area contributed by atoms with Gasteiger partial charge < -0.3 is 19.9 Å². The predicted octanol–water partition coefficient (Wildman–Crippen LogP) is 4.40. The maximum absolute atomic E-state index is 15.1. The van der Waals surface area contributed by atoms with Gasteiger partial charge in [-0.3, -0.25) is 18.1 Å². The van der Waals surface area contributed by atoms with Crippen molar-refractivity contribution in [1.82, 2.24) is 19.5 Å². The number of nitrogen functional groups attached to an aromatic ring is 1. The summed E-state index contributed by atoms with van der Waals surface area (Å²) in [4.78, 5) is 12.1. The molecule has 1 aliphatic heterocycles. The second-order valence-corrected chi connectivity index (χ2v) is 11.9. The number of hydrogen-bond acceptors (Lipinski definition) is 11. The van der Waals surface area contributed by atoms with Crippen LogP contribution in [0.5, 0.6) is 0 Å². The summed E-state index contributed by atoms with van der Waals surface area (Å²) in [6.07, 6.45) is 3.93. The number of alkyl halides is 2. The topological polar surface area (TPSA) is 142 Å². The molecule has 2 aliphatic carbocycles. The summed E-state index contributed by atoms with van der Waals surface area (Å²) in [6.45, 7) is -0.675. The molecule has 3 heterocycles. The molecular weight excluding hydrogens is 539 g/mol. The van der Waals surface area contributed by atoms with Gasteiger partial charge in [-0.15, -0.1) is 0 Å². The van der Waals surface area contributed by atoms with E-state index in [0.29, 0.717) is 31.2 Å². The molecule has 218 valence electrons. The molecule has 0 unspecified atom stereocenters. The van der Waals surface area contributed by atoms with Crippen molar-refractivity contribution in [2.24, 2.45) is 0 Å². The van der Waals surface area contributed by atoms with Crippen LogP contribution in [0.1, 0.15) is 64.0 Å². The maximum atomic E-state index is 15.1. The maximum Gasteiger partial charge on any atom is 0.475 e. The molecular formula is C24H36F2N5O7P. The highest BCUT2D eigenvalue weighted by Gasteiger charge is 2.52. The minimum Gasteiger partial charge on any atom is -0.382 e. The Balaban J connectivity index is 1.27. The van der Waals surface area contributed by atoms with Crippen LogP contribution in [0.3, 0.4) is 0 Å². The molecule has 1 saturated heterocycles. The van der Waals surface area contributed by atoms with E-state index in [4.69, 9.17) is 33.5 Å². The van der Waals surface area contributed by atoms with Crippen molar-refractivity contribution in [1.29, 1.82) is 0 Å². The number of phosphoric ester groups is 1. The number of rotatable bonds is 10. The zero-order valence-corrected chi connectivity index (χ0v) is 23.0. The zero-order valence-electron chi connectivity index (χ0n) is 22.1. The summed E-state index contributed by atoms with van der Waals surface area (Å²) < 4.78 is 79.3. The lowest BCUT2D eigenvalue weighted by atomic mass is 9.95. The second kappa shape index (κ2) is 12.0. The van der Waals surface area contributed by atoms with E-state index < -0.39 is 51.3 Å². The van der Waals surface area contributed by atoms with Gasteiger partial charge in [0.1, 0.15) is 24.2 Å². The van der Waals surface area contributed by atoms with Crippen molar-refractivity contribution in [3.8, 4) is 0 Å². The molecule has 2 saturated carbocycles. The Morgan fingerprint density at radius 1 is 0.974 bits per heavy atom. The molecule has 2 aromatic heterocycles. The molecule has 0 aromatic carbocycles. The lowest BCUT2D eigenvalue weighted by molar-refractivity contribution is -0.104. The Morgan fingerprint density at radius 3 is 2.10 bits per heavy atom. The van der Waals surface area contributed by atoms with Crippen molar-refractivity contribution in [2.75, 3.05) is 26.6 Å². The Morgan fingerprint density at radius 2 is 1.54 bits per heavy atom. The Bertz CT molecular complexity index is 1130. The van der Waals surface area contributed by atoms with Gasteiger partial charge in [0.05, 0.1) is 43.8 Å². The summed E-state index contributed by atoms with van der Waals surface area (Å²) in [5, 5.41) is 0. The number of halogens is 2. The first-order chi connectivity index (χ1) is 18.7. The third kappa shape index (κ3) is 6.58. The molecule has 0 spiro atoms. The average Bonchev–Trinajstić information content (AvgIpc) is 3.49. The lowest BCUT2D eigenvalue weighted by Crippen LogP contribution is -2.33. The molecule has 2 aromatic rings. The monoisotopic (exact) mass is 575 g/mol. The third-order valence-electron chi connectivity index (χ3n) is 7.79. The number of nitrogens with two attached hydrogens (primary N) is 1. The minimum atomic E-state index is -4.20. The number of aromatic nitrogens is 4. The largest absolute Gasteiger partial charge is 0.475 e. The fourth-order valence-corrected chi connectivity index (χ4v) is 7.11. The van der Waals surface area contributed by atoms with Crippen molar-refractivity contribution in [2.45, 2.75) is 100 Å². The van der Waals surface area contributed by atoms with Gasteiger partial charge in [0.15, 0.2) is 11.5 Å². The van der Waals surface area contributed by atoms with E-state index in [-0.39, 0.29) is 23.7 Å². The van der Waals surface area contributed by atoms with E-state index in [1.165, 1.54) is 17.2 Å². The SMILES string of the molecule is COC1CCC(OP(=O)(OC[C@H]2O[C@@H](n3cnc4c(N)ncnc43)CC2(F)F)OC2CCC(OC)CC2)CC1. The minimum absolute atomic E-state index is 0.109. The van der Waals surface area contributed by atoms with Crippen LogP contribution in [0.15, 0.2) is 12.7 Å². The van der Waals surface area contributed by atoms with Gasteiger partial charge in [-0.05, 0) is 51.4 Å². The number of imidazole rings is 1. The molecule has 0 radical (unpaired) electrons. The first-order valence-electron chi connectivity index (χ1n) is 13.3. The van der Waals surface area contributed by atoms with Crippen LogP contribution in [0, 0.1) is 0 Å². The highest BCUT2D eigenvalue weighted by molar-refractivity contribution is 7.48. The van der Waals surface area contributed by atoms with E-state index >= 15 is 8.78 Å². The number of anilines is 1. The van der Waals surface area contributed by atoms with Crippen molar-refractivity contribution < 1.29 is 41.1 Å². The molecule has 3 aliphatic rings. The van der Waals surface area contributed by atoms with Crippen LogP contribution in [0.4, 0.5) is 14.6 Å². The van der Waals surface area contributed by atoms with Gasteiger partial charge in [-0.25, -0.2) is 28.3 Å². The first kappa shape index (κ1) is 28.7. The highest BCUT2D eigenvalue weighted by Crippen LogP contribution is 2.55. The van der Waals surface area contributed by atoms with Crippen molar-refractivity contribution >= 4 is 24.8 Å². The summed E-state index contributed by atoms with van der Waals surface area (Å²) >= 11 is 0. The molecule has 2 N–H and O–H groups in total. The quantitative estimate of drug-likeness (QED) is 0.403. The molecule has 0 amide bonds. The number of hydrogen-bond donors (Lipinski definition) is 1. The summed E-state index contributed by atoms with van der Waals surface area (Å²) in [5.41, 5.74) is 6.39. The number of ether oxygens (including phenoxy) is 3. The molecule has 12 nitrogen and oxygen atoms in total. The summed E-state index contributed by atoms with van der Waals surface area (Å²) in [5.74, 6) is -3.14. The third-order valence-corrected chi connectivity index (χ3v) is 9.36. The highest BCUT2D eigenvalue weighted by atomic mass is 31.2. The fourth-order valence-electron chi connectivity index (χ4n) is 5.46. The van der Waals surface area contributed by atoms with E-state index in [0.717, 1.165) is 25.7 Å². The average molecular weight is 576 g/mol. The molecule has 3 fully saturated rings. The molecule has 2 atom stereocenters. The Hall–Kier alpha value is -1.80. The van der Waals surface area contributed by atoms with Crippen molar-refractivity contribution in [3.05, 3.63) is 12.7 Å². The normalized spacial score (nSPS) is 32.8. The van der Waals surface area contributed by atoms with Crippen LogP contribution in [0.25, 0.3) is 11.2 Å². The number of fused-ring (bicyclic) bond motifs is 1. The molecule has 39 heavy (non-hydrogen) atoms. The van der Waals surface area contributed by atoms with Gasteiger partial charge in [0.2, 0.25) is 0 Å². The number of nitrogens with zero attached hydrogens (tertiary/aromatic N) is 4. The van der Waals surface area contributed by atoms with Gasteiger partial charge in [0, 0.05) is 14.2 Å². The van der Waals surface area contributed by atoms with Crippen LogP contribution in [0.2, 0.25) is 0 Å². The van der Waals surface area contributed by atoms with Crippen LogP contribution >= 0.6 is 7.82 Å². The van der Waals surface area contributed by atoms with E-state index in [9.17, 15) is 4.57 Å². The zero-order chi connectivity index (χ0) is 27.6. The molecule has 5 rings (SSSR count). The van der Waals surface area contributed by atoms with E-state index in [1.54, 1.807) is 14.2 Å². The second-order valence-electron chi connectivity index (χ2n) is 10.4. The van der Waals surface area contributed by atoms with E-state index in [1.807, 2.05) is 0 Å². The van der Waals surface area contributed by atoms with Gasteiger partial charge in [-0.2, -0.15) is 0 Å². The van der Waals surface area contributed by atoms with E-state index in [2.05, 4.69) is 15.0 Å². The number of phosphoric acid groups is 1. The smallest absolute Gasteiger partial charge is 0.382 e. The fraction of sp³-hybridized carbons (Fsp3) is 0.792. The van der Waals surface area contributed by atoms with Crippen LogP contribution in [-0.2, 0) is 32.3 Å². The van der Waals surface area contributed by atoms with Crippen molar-refractivity contribution in [3.63, 3.8) is 0 Å². The summed E-state index contributed by atoms with van der Waals surface area (Å²) in [6, 6.07) is 0.